The van der Waals surface area contributed by atoms with E-state index < -0.39 is 11.8 Å². The van der Waals surface area contributed by atoms with Gasteiger partial charge in [-0.2, -0.15) is 5.10 Å². The number of nitrogens with two attached hydrogens (primary N) is 1. The van der Waals surface area contributed by atoms with Crippen LogP contribution < -0.4 is 20.5 Å². The summed E-state index contributed by atoms with van der Waals surface area (Å²) in [5, 5.41) is 11.2. The van der Waals surface area contributed by atoms with Gasteiger partial charge in [-0.1, -0.05) is 23.4 Å². The number of amides is 2. The van der Waals surface area contributed by atoms with Gasteiger partial charge in [0.05, 0.1) is 17.1 Å². The molecule has 0 saturated carbocycles. The van der Waals surface area contributed by atoms with Gasteiger partial charge in [0.2, 0.25) is 12.7 Å². The Balaban J connectivity index is 1.52. The topological polar surface area (TPSA) is 134 Å². The molecule has 0 spiro atoms. The smallest absolute Gasteiger partial charge is 0.258 e. The van der Waals surface area contributed by atoms with E-state index in [4.69, 9.17) is 19.7 Å². The number of aromatic nitrogens is 3. The molecule has 0 radical (unpaired) electrons. The highest BCUT2D eigenvalue weighted by Crippen LogP contribution is 2.35. The van der Waals surface area contributed by atoms with Crippen LogP contribution in [-0.2, 0) is 0 Å². The Bertz CT molecular complexity index is 1390. The third-order valence-electron chi connectivity index (χ3n) is 5.33. The standard InChI is InChI=1S/C23H19N5O5/c1-12-18(13(2)28(26-12)15-6-4-3-5-7-15)20-19(21(24)29)23(33-27-20)25-22(30)14-8-9-16-17(10-14)32-11-31-16/h3-10H,11H2,1-2H3,(H2,24,29)(H,25,30). The first-order chi connectivity index (χ1) is 15.9. The highest BCUT2D eigenvalue weighted by Gasteiger charge is 2.28. The van der Waals surface area contributed by atoms with Gasteiger partial charge in [0, 0.05) is 11.1 Å². The molecule has 5 rings (SSSR count). The van der Waals surface area contributed by atoms with Crippen molar-refractivity contribution in [2.45, 2.75) is 13.8 Å². The lowest BCUT2D eigenvalue weighted by Gasteiger charge is -2.06. The summed E-state index contributed by atoms with van der Waals surface area (Å²) >= 11 is 0. The highest BCUT2D eigenvalue weighted by atomic mass is 16.7. The van der Waals surface area contributed by atoms with Crippen LogP contribution in [0.4, 0.5) is 5.88 Å². The Morgan fingerprint density at radius 1 is 1.06 bits per heavy atom. The van der Waals surface area contributed by atoms with E-state index in [1.165, 1.54) is 6.07 Å². The van der Waals surface area contributed by atoms with Crippen molar-refractivity contribution in [2.24, 2.45) is 5.73 Å². The second-order valence-electron chi connectivity index (χ2n) is 7.41. The molecule has 0 atom stereocenters. The van der Waals surface area contributed by atoms with Crippen molar-refractivity contribution in [3.8, 4) is 28.4 Å². The summed E-state index contributed by atoms with van der Waals surface area (Å²) in [6.45, 7) is 3.74. The number of rotatable bonds is 5. The minimum absolute atomic E-state index is 0.0390. The number of aryl methyl sites for hydroxylation is 1. The van der Waals surface area contributed by atoms with E-state index in [0.717, 1.165) is 11.4 Å². The highest BCUT2D eigenvalue weighted by molar-refractivity contribution is 6.10. The molecule has 1 aliphatic rings. The molecule has 10 heteroatoms. The summed E-state index contributed by atoms with van der Waals surface area (Å²) in [5.74, 6) is -0.458. The largest absolute Gasteiger partial charge is 0.454 e. The number of primary amides is 1. The Morgan fingerprint density at radius 3 is 2.58 bits per heavy atom. The van der Waals surface area contributed by atoms with Gasteiger partial charge in [-0.25, -0.2) is 4.68 Å². The summed E-state index contributed by atoms with van der Waals surface area (Å²) in [6.07, 6.45) is 0. The third-order valence-corrected chi connectivity index (χ3v) is 5.33. The van der Waals surface area contributed by atoms with E-state index in [1.807, 2.05) is 37.3 Å². The number of hydrogen-bond donors (Lipinski definition) is 2. The second-order valence-corrected chi connectivity index (χ2v) is 7.41. The first kappa shape index (κ1) is 20.3. The molecule has 2 amide bonds. The fourth-order valence-corrected chi connectivity index (χ4v) is 3.79. The second kappa shape index (κ2) is 7.83. The van der Waals surface area contributed by atoms with Gasteiger partial charge in [-0.3, -0.25) is 14.9 Å². The number of carbonyl (C=O) groups is 2. The van der Waals surface area contributed by atoms with Gasteiger partial charge in [0.1, 0.15) is 11.3 Å². The molecule has 0 aliphatic carbocycles. The molecular formula is C23H19N5O5. The molecule has 33 heavy (non-hydrogen) atoms. The molecule has 2 aromatic heterocycles. The predicted octanol–water partition coefficient (Wildman–Crippen LogP) is 3.22. The van der Waals surface area contributed by atoms with Crippen LogP contribution in [0.2, 0.25) is 0 Å². The van der Waals surface area contributed by atoms with E-state index in [1.54, 1.807) is 23.7 Å². The quantitative estimate of drug-likeness (QED) is 0.481. The van der Waals surface area contributed by atoms with Crippen molar-refractivity contribution in [3.63, 3.8) is 0 Å². The fraction of sp³-hybridized carbons (Fsp3) is 0.130. The molecule has 10 nitrogen and oxygen atoms in total. The van der Waals surface area contributed by atoms with Gasteiger partial charge in [-0.05, 0) is 44.2 Å². The molecular weight excluding hydrogens is 426 g/mol. The minimum atomic E-state index is -0.793. The van der Waals surface area contributed by atoms with Crippen LogP contribution in [0.3, 0.4) is 0 Å². The predicted molar refractivity (Wildman–Crippen MR) is 118 cm³/mol. The van der Waals surface area contributed by atoms with Gasteiger partial charge in [0.15, 0.2) is 11.5 Å². The summed E-state index contributed by atoms with van der Waals surface area (Å²) in [7, 11) is 0. The monoisotopic (exact) mass is 445 g/mol. The van der Waals surface area contributed by atoms with E-state index in [2.05, 4.69) is 15.6 Å². The van der Waals surface area contributed by atoms with Crippen molar-refractivity contribution >= 4 is 17.7 Å². The van der Waals surface area contributed by atoms with Crippen molar-refractivity contribution in [1.82, 2.24) is 14.9 Å². The number of nitrogens with one attached hydrogen (secondary N) is 1. The van der Waals surface area contributed by atoms with E-state index in [-0.39, 0.29) is 29.5 Å². The van der Waals surface area contributed by atoms with Crippen LogP contribution in [0.5, 0.6) is 11.5 Å². The summed E-state index contributed by atoms with van der Waals surface area (Å²) < 4.78 is 17.7. The number of fused-ring (bicyclic) bond motifs is 1. The number of benzene rings is 2. The Morgan fingerprint density at radius 2 is 1.82 bits per heavy atom. The number of para-hydroxylation sites is 1. The van der Waals surface area contributed by atoms with Gasteiger partial charge >= 0.3 is 0 Å². The van der Waals surface area contributed by atoms with Crippen molar-refractivity contribution in [1.29, 1.82) is 0 Å². The molecule has 3 N–H and O–H groups in total. The van der Waals surface area contributed by atoms with Crippen molar-refractivity contribution in [3.05, 3.63) is 71.0 Å². The summed E-state index contributed by atoms with van der Waals surface area (Å²) in [5.41, 5.74) is 8.92. The van der Waals surface area contributed by atoms with Gasteiger partial charge in [0.25, 0.3) is 11.8 Å². The zero-order chi connectivity index (χ0) is 23.1. The maximum absolute atomic E-state index is 12.8. The van der Waals surface area contributed by atoms with E-state index in [9.17, 15) is 9.59 Å². The molecule has 4 aromatic rings. The Labute approximate surface area is 187 Å². The molecule has 2 aromatic carbocycles. The number of anilines is 1. The average Bonchev–Trinajstić information content (AvgIpc) is 3.51. The first-order valence-electron chi connectivity index (χ1n) is 10.1. The van der Waals surface area contributed by atoms with Crippen LogP contribution >= 0.6 is 0 Å². The zero-order valence-corrected chi connectivity index (χ0v) is 17.8. The number of hydrogen-bond acceptors (Lipinski definition) is 7. The lowest BCUT2D eigenvalue weighted by molar-refractivity contribution is 0.100. The van der Waals surface area contributed by atoms with Crippen molar-refractivity contribution in [2.75, 3.05) is 12.1 Å². The molecule has 3 heterocycles. The SMILES string of the molecule is Cc1nn(-c2ccccc2)c(C)c1-c1noc(NC(=O)c2ccc3c(c2)OCO3)c1C(N)=O. The molecule has 0 unspecified atom stereocenters. The van der Waals surface area contributed by atoms with Crippen LogP contribution in [0.1, 0.15) is 32.1 Å². The summed E-state index contributed by atoms with van der Waals surface area (Å²) in [6, 6.07) is 14.3. The Hall–Kier alpha value is -4.60. The van der Waals surface area contributed by atoms with E-state index in [0.29, 0.717) is 22.8 Å². The number of ether oxygens (including phenoxy) is 2. The van der Waals surface area contributed by atoms with Gasteiger partial charge < -0.3 is 19.7 Å². The minimum Gasteiger partial charge on any atom is -0.454 e. The van der Waals surface area contributed by atoms with Crippen LogP contribution in [-0.4, -0.2) is 33.5 Å². The average molecular weight is 445 g/mol. The molecule has 0 fully saturated rings. The molecule has 0 bridgehead atoms. The van der Waals surface area contributed by atoms with Crippen LogP contribution in [0.25, 0.3) is 16.9 Å². The fourth-order valence-electron chi connectivity index (χ4n) is 3.79. The number of carbonyl (C=O) groups excluding carboxylic acids is 2. The van der Waals surface area contributed by atoms with Crippen molar-refractivity contribution < 1.29 is 23.6 Å². The van der Waals surface area contributed by atoms with Crippen LogP contribution in [0.15, 0.2) is 53.1 Å². The normalized spacial score (nSPS) is 12.1. The third kappa shape index (κ3) is 3.47. The lowest BCUT2D eigenvalue weighted by Crippen LogP contribution is -2.17. The number of nitrogens with zero attached hydrogens (tertiary/aromatic N) is 3. The zero-order valence-electron chi connectivity index (χ0n) is 17.8. The van der Waals surface area contributed by atoms with E-state index >= 15 is 0 Å². The molecule has 1 aliphatic heterocycles. The maximum Gasteiger partial charge on any atom is 0.258 e. The Kier molecular flexibility index (Phi) is 4.82. The van der Waals surface area contributed by atoms with Crippen LogP contribution in [0, 0.1) is 13.8 Å². The molecule has 0 saturated heterocycles. The van der Waals surface area contributed by atoms with Gasteiger partial charge in [-0.15, -0.1) is 0 Å². The summed E-state index contributed by atoms with van der Waals surface area (Å²) in [4.78, 5) is 25.1. The maximum atomic E-state index is 12.8. The molecule has 166 valence electrons. The lowest BCUT2D eigenvalue weighted by atomic mass is 10.0. The first-order valence-corrected chi connectivity index (χ1v) is 10.1.